The number of aromatic nitrogens is 2. The lowest BCUT2D eigenvalue weighted by atomic mass is 10.4. The molecule has 0 radical (unpaired) electrons. The van der Waals surface area contributed by atoms with Crippen LogP contribution in [-0.2, 0) is 4.79 Å². The highest BCUT2D eigenvalue weighted by Crippen LogP contribution is 2.20. The molecular weight excluding hydrogens is 186 g/mol. The van der Waals surface area contributed by atoms with Crippen molar-refractivity contribution in [1.82, 2.24) is 9.97 Å². The maximum absolute atomic E-state index is 11.4. The molecular formula is C8H9N3OS. The normalized spacial score (nSPS) is 22.4. The summed E-state index contributed by atoms with van der Waals surface area (Å²) in [6.07, 6.45) is 5.24. The van der Waals surface area contributed by atoms with Crippen molar-refractivity contribution in [2.75, 3.05) is 11.4 Å². The van der Waals surface area contributed by atoms with Crippen molar-refractivity contribution in [3.8, 4) is 0 Å². The Morgan fingerprint density at radius 1 is 1.54 bits per heavy atom. The molecule has 0 spiro atoms. The molecule has 1 aromatic rings. The van der Waals surface area contributed by atoms with Crippen LogP contribution in [0.4, 0.5) is 5.82 Å². The highest BCUT2D eigenvalue weighted by atomic mass is 32.1. The van der Waals surface area contributed by atoms with Gasteiger partial charge in [0.15, 0.2) is 5.82 Å². The minimum atomic E-state index is 0.0699. The van der Waals surface area contributed by atoms with E-state index in [0.717, 1.165) is 0 Å². The molecule has 2 heterocycles. The number of hydrogen-bond acceptors (Lipinski definition) is 4. The van der Waals surface area contributed by atoms with Crippen LogP contribution >= 0.6 is 12.6 Å². The molecule has 1 unspecified atom stereocenters. The second kappa shape index (κ2) is 3.33. The average Bonchev–Trinajstić information content (AvgIpc) is 2.47. The van der Waals surface area contributed by atoms with E-state index < -0.39 is 0 Å². The highest BCUT2D eigenvalue weighted by molar-refractivity contribution is 7.81. The Balaban J connectivity index is 2.23. The van der Waals surface area contributed by atoms with Crippen molar-refractivity contribution in [3.05, 3.63) is 18.6 Å². The summed E-state index contributed by atoms with van der Waals surface area (Å²) in [4.78, 5) is 21.0. The third-order valence-electron chi connectivity index (χ3n) is 1.93. The van der Waals surface area contributed by atoms with Gasteiger partial charge in [-0.25, -0.2) is 4.98 Å². The van der Waals surface area contributed by atoms with E-state index in [2.05, 4.69) is 22.6 Å². The molecule has 0 aromatic carbocycles. The van der Waals surface area contributed by atoms with Gasteiger partial charge in [-0.05, 0) is 0 Å². The fourth-order valence-corrected chi connectivity index (χ4v) is 1.66. The Morgan fingerprint density at radius 2 is 2.38 bits per heavy atom. The molecule has 13 heavy (non-hydrogen) atoms. The third kappa shape index (κ3) is 1.65. The number of amides is 1. The van der Waals surface area contributed by atoms with E-state index in [1.165, 1.54) is 0 Å². The van der Waals surface area contributed by atoms with E-state index in [4.69, 9.17) is 0 Å². The fourth-order valence-electron chi connectivity index (χ4n) is 1.34. The molecule has 1 aliphatic rings. The summed E-state index contributed by atoms with van der Waals surface area (Å²) >= 11 is 4.25. The number of carbonyl (C=O) groups is 1. The molecule has 0 bridgehead atoms. The molecule has 0 aliphatic carbocycles. The van der Waals surface area contributed by atoms with Crippen LogP contribution in [0.15, 0.2) is 18.6 Å². The first-order chi connectivity index (χ1) is 6.27. The van der Waals surface area contributed by atoms with Crippen LogP contribution in [-0.4, -0.2) is 27.7 Å². The second-order valence-electron chi connectivity index (χ2n) is 2.93. The zero-order chi connectivity index (χ0) is 9.26. The van der Waals surface area contributed by atoms with E-state index >= 15 is 0 Å². The predicted octanol–water partition coefficient (Wildman–Crippen LogP) is 0.512. The standard InChI is InChI=1S/C8H9N3OS/c12-8-3-6(13)5-11(8)7-4-9-1-2-10-7/h1-2,4,6,13H,3,5H2. The summed E-state index contributed by atoms with van der Waals surface area (Å²) in [7, 11) is 0. The number of hydrogen-bond donors (Lipinski definition) is 1. The molecule has 0 saturated carbocycles. The highest BCUT2D eigenvalue weighted by Gasteiger charge is 2.28. The van der Waals surface area contributed by atoms with E-state index in [0.29, 0.717) is 18.8 Å². The molecule has 5 heteroatoms. The smallest absolute Gasteiger partial charge is 0.229 e. The molecule has 1 fully saturated rings. The minimum Gasteiger partial charge on any atom is -0.294 e. The summed E-state index contributed by atoms with van der Waals surface area (Å²) in [6.45, 7) is 0.626. The van der Waals surface area contributed by atoms with Crippen molar-refractivity contribution < 1.29 is 4.79 Å². The Kier molecular flexibility index (Phi) is 2.18. The molecule has 68 valence electrons. The van der Waals surface area contributed by atoms with Gasteiger partial charge < -0.3 is 0 Å². The maximum atomic E-state index is 11.4. The fraction of sp³-hybridized carbons (Fsp3) is 0.375. The number of anilines is 1. The summed E-state index contributed by atoms with van der Waals surface area (Å²) in [5.74, 6) is 0.685. The molecule has 1 aromatic heterocycles. The number of rotatable bonds is 1. The molecule has 1 atom stereocenters. The average molecular weight is 195 g/mol. The molecule has 1 saturated heterocycles. The summed E-state index contributed by atoms with van der Waals surface area (Å²) in [6, 6.07) is 0. The van der Waals surface area contributed by atoms with E-state index in [1.54, 1.807) is 23.5 Å². The monoisotopic (exact) mass is 195 g/mol. The van der Waals surface area contributed by atoms with Gasteiger partial charge in [0, 0.05) is 30.6 Å². The van der Waals surface area contributed by atoms with Crippen LogP contribution in [0.1, 0.15) is 6.42 Å². The molecule has 2 rings (SSSR count). The van der Waals surface area contributed by atoms with Crippen molar-refractivity contribution >= 4 is 24.4 Å². The topological polar surface area (TPSA) is 46.1 Å². The molecule has 4 nitrogen and oxygen atoms in total. The Labute approximate surface area is 81.4 Å². The van der Waals surface area contributed by atoms with Gasteiger partial charge in [0.2, 0.25) is 5.91 Å². The molecule has 1 amide bonds. The Morgan fingerprint density at radius 3 is 2.92 bits per heavy atom. The van der Waals surface area contributed by atoms with Crippen LogP contribution in [0.5, 0.6) is 0 Å². The lowest BCUT2D eigenvalue weighted by Crippen LogP contribution is -2.25. The summed E-state index contributed by atoms with van der Waals surface area (Å²) in [5.41, 5.74) is 0. The van der Waals surface area contributed by atoms with Gasteiger partial charge >= 0.3 is 0 Å². The van der Waals surface area contributed by atoms with Gasteiger partial charge in [0.1, 0.15) is 0 Å². The van der Waals surface area contributed by atoms with Crippen molar-refractivity contribution in [1.29, 1.82) is 0 Å². The SMILES string of the molecule is O=C1CC(S)CN1c1cnccn1. The van der Waals surface area contributed by atoms with Crippen LogP contribution in [0.3, 0.4) is 0 Å². The molecule has 1 aliphatic heterocycles. The van der Waals surface area contributed by atoms with Crippen molar-refractivity contribution in [3.63, 3.8) is 0 Å². The minimum absolute atomic E-state index is 0.0699. The van der Waals surface area contributed by atoms with Gasteiger partial charge in [-0.2, -0.15) is 12.6 Å². The summed E-state index contributed by atoms with van der Waals surface area (Å²) < 4.78 is 0. The van der Waals surface area contributed by atoms with Gasteiger partial charge in [-0.3, -0.25) is 14.7 Å². The largest absolute Gasteiger partial charge is 0.294 e. The lowest BCUT2D eigenvalue weighted by Gasteiger charge is -2.13. The zero-order valence-corrected chi connectivity index (χ0v) is 7.82. The van der Waals surface area contributed by atoms with Crippen molar-refractivity contribution in [2.45, 2.75) is 11.7 Å². The number of carbonyl (C=O) groups excluding carboxylic acids is 1. The van der Waals surface area contributed by atoms with Gasteiger partial charge in [-0.15, -0.1) is 0 Å². The lowest BCUT2D eigenvalue weighted by molar-refractivity contribution is -0.117. The number of thiol groups is 1. The Hall–Kier alpha value is -1.10. The number of nitrogens with zero attached hydrogens (tertiary/aromatic N) is 3. The maximum Gasteiger partial charge on any atom is 0.229 e. The van der Waals surface area contributed by atoms with Gasteiger partial charge in [0.05, 0.1) is 6.20 Å². The Bertz CT molecular complexity index is 316. The van der Waals surface area contributed by atoms with E-state index in [-0.39, 0.29) is 11.2 Å². The van der Waals surface area contributed by atoms with Crippen LogP contribution in [0.2, 0.25) is 0 Å². The first kappa shape index (κ1) is 8.50. The zero-order valence-electron chi connectivity index (χ0n) is 6.92. The quantitative estimate of drug-likeness (QED) is 0.664. The van der Waals surface area contributed by atoms with Crippen molar-refractivity contribution in [2.24, 2.45) is 0 Å². The third-order valence-corrected chi connectivity index (χ3v) is 2.28. The first-order valence-electron chi connectivity index (χ1n) is 4.02. The van der Waals surface area contributed by atoms with E-state index in [9.17, 15) is 4.79 Å². The van der Waals surface area contributed by atoms with Gasteiger partial charge in [-0.1, -0.05) is 0 Å². The summed E-state index contributed by atoms with van der Waals surface area (Å²) in [5, 5.41) is 0.120. The van der Waals surface area contributed by atoms with Crippen LogP contribution in [0, 0.1) is 0 Å². The van der Waals surface area contributed by atoms with E-state index in [1.807, 2.05) is 0 Å². The molecule has 0 N–H and O–H groups in total. The van der Waals surface area contributed by atoms with Gasteiger partial charge in [0.25, 0.3) is 0 Å². The second-order valence-corrected chi connectivity index (χ2v) is 3.66. The van der Waals surface area contributed by atoms with Crippen LogP contribution in [0.25, 0.3) is 0 Å². The predicted molar refractivity (Wildman–Crippen MR) is 51.8 cm³/mol. The first-order valence-corrected chi connectivity index (χ1v) is 4.53. The van der Waals surface area contributed by atoms with Crippen LogP contribution < -0.4 is 4.90 Å².